The zero-order chi connectivity index (χ0) is 12.2. The molecular formula is C11H19NO3S. The first-order chi connectivity index (χ1) is 7.49. The summed E-state index contributed by atoms with van der Waals surface area (Å²) in [5, 5.41) is 9.92. The highest BCUT2D eigenvalue weighted by atomic mass is 32.1. The van der Waals surface area contributed by atoms with Crippen molar-refractivity contribution in [3.8, 4) is 0 Å². The van der Waals surface area contributed by atoms with Gasteiger partial charge in [-0.15, -0.1) is 0 Å². The van der Waals surface area contributed by atoms with Crippen molar-refractivity contribution in [2.24, 2.45) is 0 Å². The third kappa shape index (κ3) is 3.22. The highest BCUT2D eigenvalue weighted by molar-refractivity contribution is 7.80. The van der Waals surface area contributed by atoms with Gasteiger partial charge in [-0.2, -0.15) is 12.6 Å². The van der Waals surface area contributed by atoms with E-state index in [4.69, 9.17) is 0 Å². The SMILES string of the molecule is CC(=O)C1(O)CCN(C(=O)CCCS)CC1. The summed E-state index contributed by atoms with van der Waals surface area (Å²) in [5.41, 5.74) is -1.21. The smallest absolute Gasteiger partial charge is 0.222 e. The van der Waals surface area contributed by atoms with Gasteiger partial charge in [0, 0.05) is 32.4 Å². The van der Waals surface area contributed by atoms with E-state index in [1.807, 2.05) is 0 Å². The van der Waals surface area contributed by atoms with Crippen LogP contribution in [-0.2, 0) is 9.59 Å². The monoisotopic (exact) mass is 245 g/mol. The van der Waals surface area contributed by atoms with Crippen LogP contribution in [0.15, 0.2) is 0 Å². The minimum Gasteiger partial charge on any atom is -0.382 e. The molecule has 1 fully saturated rings. The van der Waals surface area contributed by atoms with Crippen molar-refractivity contribution in [3.63, 3.8) is 0 Å². The zero-order valence-electron chi connectivity index (χ0n) is 9.61. The molecule has 16 heavy (non-hydrogen) atoms. The van der Waals surface area contributed by atoms with Gasteiger partial charge in [-0.1, -0.05) is 0 Å². The lowest BCUT2D eigenvalue weighted by molar-refractivity contribution is -0.146. The number of carbonyl (C=O) groups is 2. The quantitative estimate of drug-likeness (QED) is 0.715. The van der Waals surface area contributed by atoms with Crippen LogP contribution in [0.4, 0.5) is 0 Å². The summed E-state index contributed by atoms with van der Waals surface area (Å²) in [6.07, 6.45) is 1.99. The Morgan fingerprint density at radius 3 is 2.38 bits per heavy atom. The molecule has 0 aromatic rings. The number of rotatable bonds is 4. The summed E-state index contributed by atoms with van der Waals surface area (Å²) < 4.78 is 0. The van der Waals surface area contributed by atoms with E-state index in [9.17, 15) is 14.7 Å². The van der Waals surface area contributed by atoms with Crippen molar-refractivity contribution in [1.82, 2.24) is 4.90 Å². The van der Waals surface area contributed by atoms with Crippen LogP contribution in [0.1, 0.15) is 32.6 Å². The minimum absolute atomic E-state index is 0.0969. The van der Waals surface area contributed by atoms with Gasteiger partial charge in [0.25, 0.3) is 0 Å². The molecule has 1 N–H and O–H groups in total. The van der Waals surface area contributed by atoms with Crippen LogP contribution >= 0.6 is 12.6 Å². The predicted molar refractivity (Wildman–Crippen MR) is 64.5 cm³/mol. The maximum absolute atomic E-state index is 11.7. The fraction of sp³-hybridized carbons (Fsp3) is 0.818. The van der Waals surface area contributed by atoms with Gasteiger partial charge in [0.1, 0.15) is 5.60 Å². The Labute approximate surface area is 101 Å². The standard InChI is InChI=1S/C11H19NO3S/c1-9(13)11(15)4-6-12(7-5-11)10(14)3-2-8-16/h15-16H,2-8H2,1H3. The molecule has 5 heteroatoms. The zero-order valence-corrected chi connectivity index (χ0v) is 10.5. The normalized spacial score (nSPS) is 19.6. The summed E-state index contributed by atoms with van der Waals surface area (Å²) in [7, 11) is 0. The second-order valence-corrected chi connectivity index (χ2v) is 4.74. The van der Waals surface area contributed by atoms with Gasteiger partial charge in [0.05, 0.1) is 0 Å². The molecule has 0 aromatic carbocycles. The minimum atomic E-state index is -1.21. The van der Waals surface area contributed by atoms with Gasteiger partial charge >= 0.3 is 0 Å². The summed E-state index contributed by atoms with van der Waals surface area (Å²) >= 11 is 4.06. The highest BCUT2D eigenvalue weighted by Crippen LogP contribution is 2.23. The number of hydrogen-bond donors (Lipinski definition) is 2. The lowest BCUT2D eigenvalue weighted by atomic mass is 9.88. The van der Waals surface area contributed by atoms with E-state index in [1.165, 1.54) is 6.92 Å². The lowest BCUT2D eigenvalue weighted by Crippen LogP contribution is -2.50. The number of aliphatic hydroxyl groups is 1. The fourth-order valence-electron chi connectivity index (χ4n) is 1.87. The molecule has 92 valence electrons. The first kappa shape index (κ1) is 13.5. The topological polar surface area (TPSA) is 57.6 Å². The molecule has 0 aliphatic carbocycles. The Bertz CT molecular complexity index is 272. The van der Waals surface area contributed by atoms with Crippen molar-refractivity contribution in [3.05, 3.63) is 0 Å². The van der Waals surface area contributed by atoms with Crippen molar-refractivity contribution in [2.75, 3.05) is 18.8 Å². The molecule has 1 aliphatic rings. The molecule has 0 bridgehead atoms. The molecule has 0 saturated carbocycles. The maximum atomic E-state index is 11.7. The molecule has 1 heterocycles. The average Bonchev–Trinajstić information content (AvgIpc) is 2.26. The Morgan fingerprint density at radius 2 is 1.94 bits per heavy atom. The average molecular weight is 245 g/mol. The van der Waals surface area contributed by atoms with Crippen molar-refractivity contribution >= 4 is 24.3 Å². The molecule has 0 spiro atoms. The van der Waals surface area contributed by atoms with E-state index in [0.29, 0.717) is 38.1 Å². The summed E-state index contributed by atoms with van der Waals surface area (Å²) in [4.78, 5) is 24.6. The molecule has 0 unspecified atom stereocenters. The Kier molecular flexibility index (Phi) is 4.80. The largest absolute Gasteiger partial charge is 0.382 e. The van der Waals surface area contributed by atoms with Gasteiger partial charge in [-0.3, -0.25) is 9.59 Å². The van der Waals surface area contributed by atoms with Crippen LogP contribution in [0, 0.1) is 0 Å². The van der Waals surface area contributed by atoms with E-state index < -0.39 is 5.60 Å². The fourth-order valence-corrected chi connectivity index (χ4v) is 2.02. The highest BCUT2D eigenvalue weighted by Gasteiger charge is 2.37. The summed E-state index contributed by atoms with van der Waals surface area (Å²) in [6, 6.07) is 0. The van der Waals surface area contributed by atoms with Gasteiger partial charge in [-0.25, -0.2) is 0 Å². The number of nitrogens with zero attached hydrogens (tertiary/aromatic N) is 1. The Morgan fingerprint density at radius 1 is 1.38 bits per heavy atom. The third-order valence-electron chi connectivity index (χ3n) is 3.15. The number of piperidine rings is 1. The van der Waals surface area contributed by atoms with E-state index in [2.05, 4.69) is 12.6 Å². The molecule has 1 saturated heterocycles. The van der Waals surface area contributed by atoms with Crippen molar-refractivity contribution in [1.29, 1.82) is 0 Å². The molecule has 0 radical (unpaired) electrons. The lowest BCUT2D eigenvalue weighted by Gasteiger charge is -2.36. The first-order valence-corrected chi connectivity index (χ1v) is 6.25. The molecule has 1 amide bonds. The Hall–Kier alpha value is -0.550. The molecule has 1 aliphatic heterocycles. The third-order valence-corrected chi connectivity index (χ3v) is 3.46. The molecular weight excluding hydrogens is 226 g/mol. The van der Waals surface area contributed by atoms with Crippen molar-refractivity contribution < 1.29 is 14.7 Å². The van der Waals surface area contributed by atoms with Crippen LogP contribution in [0.5, 0.6) is 0 Å². The van der Waals surface area contributed by atoms with E-state index in [-0.39, 0.29) is 11.7 Å². The van der Waals surface area contributed by atoms with Crippen LogP contribution in [0.25, 0.3) is 0 Å². The van der Waals surface area contributed by atoms with Crippen LogP contribution in [0.3, 0.4) is 0 Å². The van der Waals surface area contributed by atoms with Gasteiger partial charge in [0.2, 0.25) is 5.91 Å². The number of ketones is 1. The van der Waals surface area contributed by atoms with E-state index >= 15 is 0 Å². The number of likely N-dealkylation sites (tertiary alicyclic amines) is 1. The van der Waals surface area contributed by atoms with Gasteiger partial charge in [0.15, 0.2) is 5.78 Å². The van der Waals surface area contributed by atoms with Crippen molar-refractivity contribution in [2.45, 2.75) is 38.2 Å². The number of carbonyl (C=O) groups excluding carboxylic acids is 2. The predicted octanol–water partition coefficient (Wildman–Crippen LogP) is 0.639. The van der Waals surface area contributed by atoms with Gasteiger partial charge in [-0.05, 0) is 19.1 Å². The van der Waals surface area contributed by atoms with E-state index in [1.54, 1.807) is 4.90 Å². The number of Topliss-reactive ketones (excluding diaryl/α,β-unsaturated/α-hetero) is 1. The molecule has 0 aromatic heterocycles. The van der Waals surface area contributed by atoms with Crippen LogP contribution < -0.4 is 0 Å². The van der Waals surface area contributed by atoms with Crippen LogP contribution in [0.2, 0.25) is 0 Å². The summed E-state index contributed by atoms with van der Waals surface area (Å²) in [6.45, 7) is 2.35. The molecule has 0 atom stereocenters. The maximum Gasteiger partial charge on any atom is 0.222 e. The van der Waals surface area contributed by atoms with Gasteiger partial charge < -0.3 is 10.0 Å². The second kappa shape index (κ2) is 5.68. The number of thiol groups is 1. The molecule has 1 rings (SSSR count). The van der Waals surface area contributed by atoms with Crippen LogP contribution in [-0.4, -0.2) is 46.1 Å². The van der Waals surface area contributed by atoms with E-state index in [0.717, 1.165) is 6.42 Å². The number of hydrogen-bond acceptors (Lipinski definition) is 4. The Balaban J connectivity index is 2.42. The number of amides is 1. The summed E-state index contributed by atoms with van der Waals surface area (Å²) in [5.74, 6) is 0.603. The molecule has 4 nitrogen and oxygen atoms in total. The first-order valence-electron chi connectivity index (χ1n) is 5.61. The second-order valence-electron chi connectivity index (χ2n) is 4.30.